The third-order valence-corrected chi connectivity index (χ3v) is 2.03. The molecular weight excluding hydrogens is 186 g/mol. The number of pyridine rings is 1. The highest BCUT2D eigenvalue weighted by atomic mass is 16.5. The lowest BCUT2D eigenvalue weighted by atomic mass is 10.2. The molecule has 0 radical (unpaired) electrons. The maximum atomic E-state index is 5.13. The largest absolute Gasteiger partial charge is 0.497 e. The van der Waals surface area contributed by atoms with Crippen LogP contribution < -0.4 is 4.74 Å². The molecule has 2 aromatic rings. The van der Waals surface area contributed by atoms with Gasteiger partial charge in [0, 0.05) is 11.6 Å². The predicted molar refractivity (Wildman–Crippen MR) is 64.4 cm³/mol. The highest BCUT2D eigenvalue weighted by molar-refractivity contribution is 5.80. The molecule has 0 spiro atoms. The maximum absolute atomic E-state index is 5.13. The van der Waals surface area contributed by atoms with Crippen LogP contribution in [0.25, 0.3) is 10.9 Å². The standard InChI is InChI=1S/C11H11NO.C2H6/c1-8-5-9-6-10(13-2)3-4-11(9)12-7-8;1-2/h3-7H,1-2H3;1-2H3. The van der Waals surface area contributed by atoms with Gasteiger partial charge in [-0.2, -0.15) is 0 Å². The first-order valence-corrected chi connectivity index (χ1v) is 5.20. The summed E-state index contributed by atoms with van der Waals surface area (Å²) in [6.07, 6.45) is 1.87. The Hall–Kier alpha value is -1.57. The van der Waals surface area contributed by atoms with Crippen molar-refractivity contribution in [3.63, 3.8) is 0 Å². The van der Waals surface area contributed by atoms with Crippen molar-refractivity contribution in [2.24, 2.45) is 0 Å². The van der Waals surface area contributed by atoms with E-state index >= 15 is 0 Å². The molecule has 15 heavy (non-hydrogen) atoms. The molecule has 0 saturated heterocycles. The summed E-state index contributed by atoms with van der Waals surface area (Å²) in [6.45, 7) is 6.03. The van der Waals surface area contributed by atoms with Crippen molar-refractivity contribution in [3.05, 3.63) is 36.0 Å². The molecule has 1 heterocycles. The Balaban J connectivity index is 0.000000531. The van der Waals surface area contributed by atoms with Crippen molar-refractivity contribution < 1.29 is 4.74 Å². The van der Waals surface area contributed by atoms with Crippen LogP contribution in [0.1, 0.15) is 19.4 Å². The van der Waals surface area contributed by atoms with E-state index in [0.29, 0.717) is 0 Å². The summed E-state index contributed by atoms with van der Waals surface area (Å²) >= 11 is 0. The van der Waals surface area contributed by atoms with Gasteiger partial charge in [-0.3, -0.25) is 4.98 Å². The minimum absolute atomic E-state index is 0.875. The number of nitrogens with zero attached hydrogens (tertiary/aromatic N) is 1. The predicted octanol–water partition coefficient (Wildman–Crippen LogP) is 3.58. The average molecular weight is 203 g/mol. The van der Waals surface area contributed by atoms with Crippen LogP contribution >= 0.6 is 0 Å². The minimum atomic E-state index is 0.875. The van der Waals surface area contributed by atoms with Crippen molar-refractivity contribution in [3.8, 4) is 5.75 Å². The van der Waals surface area contributed by atoms with Crippen molar-refractivity contribution in [1.82, 2.24) is 4.98 Å². The molecule has 1 aromatic heterocycles. The summed E-state index contributed by atoms with van der Waals surface area (Å²) in [5.41, 5.74) is 2.17. The molecule has 0 aliphatic carbocycles. The van der Waals surface area contributed by atoms with Crippen LogP contribution in [-0.4, -0.2) is 12.1 Å². The summed E-state index contributed by atoms with van der Waals surface area (Å²) in [6, 6.07) is 7.98. The van der Waals surface area contributed by atoms with Gasteiger partial charge in [0.25, 0.3) is 0 Å². The Labute approximate surface area is 90.9 Å². The van der Waals surface area contributed by atoms with E-state index in [9.17, 15) is 0 Å². The number of hydrogen-bond acceptors (Lipinski definition) is 2. The zero-order valence-electron chi connectivity index (χ0n) is 9.74. The highest BCUT2D eigenvalue weighted by Gasteiger charge is 1.96. The summed E-state index contributed by atoms with van der Waals surface area (Å²) in [5, 5.41) is 1.12. The van der Waals surface area contributed by atoms with Gasteiger partial charge in [0.2, 0.25) is 0 Å². The molecule has 2 rings (SSSR count). The van der Waals surface area contributed by atoms with Gasteiger partial charge in [-0.25, -0.2) is 0 Å². The molecule has 0 N–H and O–H groups in total. The number of methoxy groups -OCH3 is 1. The first kappa shape index (κ1) is 11.5. The van der Waals surface area contributed by atoms with Gasteiger partial charge in [-0.15, -0.1) is 0 Å². The van der Waals surface area contributed by atoms with Gasteiger partial charge in [0.1, 0.15) is 5.75 Å². The smallest absolute Gasteiger partial charge is 0.119 e. The Morgan fingerprint density at radius 1 is 1.13 bits per heavy atom. The molecule has 0 amide bonds. The molecule has 0 atom stereocenters. The molecule has 0 unspecified atom stereocenters. The molecule has 0 aliphatic heterocycles. The van der Waals surface area contributed by atoms with Gasteiger partial charge < -0.3 is 4.74 Å². The zero-order valence-corrected chi connectivity index (χ0v) is 9.74. The lowest BCUT2D eigenvalue weighted by Gasteiger charge is -2.02. The Morgan fingerprint density at radius 3 is 2.53 bits per heavy atom. The van der Waals surface area contributed by atoms with E-state index in [1.165, 1.54) is 5.56 Å². The van der Waals surface area contributed by atoms with Gasteiger partial charge in [-0.05, 0) is 36.8 Å². The normalized spacial score (nSPS) is 9.33. The summed E-state index contributed by atoms with van der Waals surface area (Å²) in [5.74, 6) is 0.875. The molecule has 0 fully saturated rings. The topological polar surface area (TPSA) is 22.1 Å². The van der Waals surface area contributed by atoms with Crippen LogP contribution in [0.5, 0.6) is 5.75 Å². The van der Waals surface area contributed by atoms with Crippen molar-refractivity contribution >= 4 is 10.9 Å². The van der Waals surface area contributed by atoms with Crippen LogP contribution in [0, 0.1) is 6.92 Å². The fourth-order valence-electron chi connectivity index (χ4n) is 1.35. The Bertz CT molecular complexity index is 437. The third-order valence-electron chi connectivity index (χ3n) is 2.03. The number of aryl methyl sites for hydroxylation is 1. The lowest BCUT2D eigenvalue weighted by molar-refractivity contribution is 0.415. The van der Waals surface area contributed by atoms with Crippen molar-refractivity contribution in [2.45, 2.75) is 20.8 Å². The van der Waals surface area contributed by atoms with Gasteiger partial charge in [0.05, 0.1) is 12.6 Å². The monoisotopic (exact) mass is 203 g/mol. The number of fused-ring (bicyclic) bond motifs is 1. The average Bonchev–Trinajstić information content (AvgIpc) is 2.30. The first-order valence-electron chi connectivity index (χ1n) is 5.20. The molecule has 0 saturated carbocycles. The Kier molecular flexibility index (Phi) is 4.10. The van der Waals surface area contributed by atoms with Crippen LogP contribution in [0.15, 0.2) is 30.5 Å². The second-order valence-electron chi connectivity index (χ2n) is 3.07. The fourth-order valence-corrected chi connectivity index (χ4v) is 1.35. The van der Waals surface area contributed by atoms with Crippen LogP contribution in [0.2, 0.25) is 0 Å². The van der Waals surface area contributed by atoms with Crippen LogP contribution in [0.3, 0.4) is 0 Å². The first-order chi connectivity index (χ1) is 7.29. The second-order valence-corrected chi connectivity index (χ2v) is 3.07. The summed E-state index contributed by atoms with van der Waals surface area (Å²) in [4.78, 5) is 4.30. The minimum Gasteiger partial charge on any atom is -0.497 e. The van der Waals surface area contributed by atoms with Gasteiger partial charge in [0.15, 0.2) is 0 Å². The van der Waals surface area contributed by atoms with E-state index in [1.807, 2.05) is 45.2 Å². The SMILES string of the molecule is CC.COc1ccc2ncc(C)cc2c1. The number of hydrogen-bond donors (Lipinski definition) is 0. The summed E-state index contributed by atoms with van der Waals surface area (Å²) in [7, 11) is 1.67. The number of rotatable bonds is 1. The molecule has 80 valence electrons. The fraction of sp³-hybridized carbons (Fsp3) is 0.308. The molecule has 2 nitrogen and oxygen atoms in total. The molecule has 0 bridgehead atoms. The summed E-state index contributed by atoms with van der Waals surface area (Å²) < 4.78 is 5.13. The quantitative estimate of drug-likeness (QED) is 0.706. The Morgan fingerprint density at radius 2 is 1.87 bits per heavy atom. The van der Waals surface area contributed by atoms with Gasteiger partial charge in [-0.1, -0.05) is 13.8 Å². The van der Waals surface area contributed by atoms with E-state index in [1.54, 1.807) is 7.11 Å². The van der Waals surface area contributed by atoms with E-state index in [4.69, 9.17) is 4.74 Å². The van der Waals surface area contributed by atoms with Crippen LogP contribution in [-0.2, 0) is 0 Å². The molecular formula is C13H17NO. The highest BCUT2D eigenvalue weighted by Crippen LogP contribution is 2.19. The van der Waals surface area contributed by atoms with E-state index in [-0.39, 0.29) is 0 Å². The molecule has 2 heteroatoms. The zero-order chi connectivity index (χ0) is 11.3. The van der Waals surface area contributed by atoms with Gasteiger partial charge >= 0.3 is 0 Å². The number of ether oxygens (including phenoxy) is 1. The number of aromatic nitrogens is 1. The van der Waals surface area contributed by atoms with E-state index < -0.39 is 0 Å². The molecule has 1 aromatic carbocycles. The number of benzene rings is 1. The van der Waals surface area contributed by atoms with Crippen molar-refractivity contribution in [1.29, 1.82) is 0 Å². The third kappa shape index (κ3) is 2.69. The maximum Gasteiger partial charge on any atom is 0.119 e. The van der Waals surface area contributed by atoms with E-state index in [2.05, 4.69) is 11.1 Å². The lowest BCUT2D eigenvalue weighted by Crippen LogP contribution is -1.84. The molecule has 0 aliphatic rings. The van der Waals surface area contributed by atoms with Crippen LogP contribution in [0.4, 0.5) is 0 Å². The van der Waals surface area contributed by atoms with Crippen molar-refractivity contribution in [2.75, 3.05) is 7.11 Å². The van der Waals surface area contributed by atoms with E-state index in [0.717, 1.165) is 16.7 Å². The second kappa shape index (κ2) is 5.35.